The number of para-hydroxylation sites is 1. The van der Waals surface area contributed by atoms with Crippen molar-refractivity contribution in [2.45, 2.75) is 6.42 Å². The van der Waals surface area contributed by atoms with Crippen LogP contribution in [0.3, 0.4) is 0 Å². The molecule has 4 N–H and O–H groups in total. The molecule has 0 atom stereocenters. The van der Waals surface area contributed by atoms with Crippen molar-refractivity contribution < 1.29 is 13.9 Å². The summed E-state index contributed by atoms with van der Waals surface area (Å²) in [6.07, 6.45) is 0.320. The summed E-state index contributed by atoms with van der Waals surface area (Å²) in [5.74, 6) is -0.306. The van der Waals surface area contributed by atoms with Crippen molar-refractivity contribution in [3.8, 4) is 5.75 Å². The van der Waals surface area contributed by atoms with Gasteiger partial charge in [-0.05, 0) is 30.3 Å². The molecule has 0 radical (unpaired) electrons. The summed E-state index contributed by atoms with van der Waals surface area (Å²) in [5.41, 5.74) is 5.84. The van der Waals surface area contributed by atoms with Gasteiger partial charge in [0, 0.05) is 19.5 Å². The largest absolute Gasteiger partial charge is 0.491 e. The Morgan fingerprint density at radius 1 is 1.26 bits per heavy atom. The molecule has 140 valence electrons. The molecule has 27 heavy (non-hydrogen) atoms. The maximum Gasteiger partial charge on any atom is 0.258 e. The number of nitrogens with one attached hydrogen (secondary N) is 2. The van der Waals surface area contributed by atoms with Crippen LogP contribution in [0.25, 0.3) is 10.9 Å². The van der Waals surface area contributed by atoms with Gasteiger partial charge in [-0.3, -0.25) is 9.59 Å². The summed E-state index contributed by atoms with van der Waals surface area (Å²) in [6.45, 7) is 0.709. The number of carbonyl (C=O) groups excluding carboxylic acids is 1. The van der Waals surface area contributed by atoms with E-state index in [4.69, 9.17) is 10.5 Å². The number of nitrogens with two attached hydrogens (primary N) is 1. The van der Waals surface area contributed by atoms with Crippen LogP contribution in [0.2, 0.25) is 0 Å². The molecule has 0 unspecified atom stereocenters. The predicted octanol–water partition coefficient (Wildman–Crippen LogP) is 1.37. The van der Waals surface area contributed by atoms with Gasteiger partial charge in [0.2, 0.25) is 0 Å². The normalized spacial score (nSPS) is 10.7. The summed E-state index contributed by atoms with van der Waals surface area (Å²) < 4.78 is 18.9. The number of fused-ring (bicyclic) bond motifs is 1. The maximum atomic E-state index is 13.5. The highest BCUT2D eigenvalue weighted by atomic mass is 19.1. The average Bonchev–Trinajstić information content (AvgIpc) is 2.67. The lowest BCUT2D eigenvalue weighted by molar-refractivity contribution is 0.0949. The smallest absolute Gasteiger partial charge is 0.258 e. The first-order chi connectivity index (χ1) is 13.1. The molecule has 1 aromatic heterocycles. The minimum Gasteiger partial charge on any atom is -0.491 e. The zero-order chi connectivity index (χ0) is 19.2. The molecule has 0 saturated heterocycles. The average molecular weight is 370 g/mol. The second kappa shape index (κ2) is 8.41. The molecule has 7 nitrogen and oxygen atoms in total. The summed E-state index contributed by atoms with van der Waals surface area (Å²) in [4.78, 5) is 31.5. The SMILES string of the molecule is NCCOc1ccc(F)cc1C(=O)NCCc1nc2ccccc2c(=O)[nH]1. The Balaban J connectivity index is 1.68. The van der Waals surface area contributed by atoms with E-state index < -0.39 is 11.7 Å². The fourth-order valence-corrected chi connectivity index (χ4v) is 2.62. The van der Waals surface area contributed by atoms with Crippen LogP contribution < -0.4 is 21.3 Å². The Hall–Kier alpha value is -3.26. The van der Waals surface area contributed by atoms with E-state index in [1.807, 2.05) is 0 Å². The molecule has 0 aliphatic heterocycles. The van der Waals surface area contributed by atoms with Gasteiger partial charge in [0.25, 0.3) is 11.5 Å². The summed E-state index contributed by atoms with van der Waals surface area (Å²) in [7, 11) is 0. The first kappa shape index (κ1) is 18.5. The second-order valence-electron chi connectivity index (χ2n) is 5.81. The molecular formula is C19H19FN4O3. The predicted molar refractivity (Wildman–Crippen MR) is 99.4 cm³/mol. The molecule has 3 aromatic rings. The molecular weight excluding hydrogens is 351 g/mol. The van der Waals surface area contributed by atoms with E-state index in [1.54, 1.807) is 24.3 Å². The highest BCUT2D eigenvalue weighted by molar-refractivity contribution is 5.96. The minimum atomic E-state index is -0.541. The zero-order valence-corrected chi connectivity index (χ0v) is 14.5. The number of ether oxygens (including phenoxy) is 1. The van der Waals surface area contributed by atoms with Gasteiger partial charge in [-0.15, -0.1) is 0 Å². The molecule has 3 rings (SSSR count). The molecule has 0 aliphatic carbocycles. The molecule has 1 heterocycles. The van der Waals surface area contributed by atoms with Crippen LogP contribution in [0.5, 0.6) is 5.75 Å². The number of aromatic amines is 1. The Kier molecular flexibility index (Phi) is 5.77. The van der Waals surface area contributed by atoms with Gasteiger partial charge < -0.3 is 20.8 Å². The van der Waals surface area contributed by atoms with Crippen LogP contribution in [0, 0.1) is 5.82 Å². The van der Waals surface area contributed by atoms with E-state index in [2.05, 4.69) is 15.3 Å². The van der Waals surface area contributed by atoms with Crippen LogP contribution in [-0.4, -0.2) is 35.6 Å². The minimum absolute atomic E-state index is 0.0865. The molecule has 0 bridgehead atoms. The van der Waals surface area contributed by atoms with E-state index >= 15 is 0 Å². The van der Waals surface area contributed by atoms with Crippen LogP contribution >= 0.6 is 0 Å². The highest BCUT2D eigenvalue weighted by Crippen LogP contribution is 2.19. The quantitative estimate of drug-likeness (QED) is 0.582. The lowest BCUT2D eigenvalue weighted by Gasteiger charge is -2.11. The standard InChI is InChI=1S/C19H19FN4O3/c20-12-5-6-16(27-10-8-21)14(11-12)18(25)22-9-7-17-23-15-4-2-1-3-13(15)19(26)24-17/h1-6,11H,7-10,21H2,(H,22,25)(H,23,24,26). The number of amides is 1. The van der Waals surface area contributed by atoms with Gasteiger partial charge in [0.15, 0.2) is 0 Å². The van der Waals surface area contributed by atoms with Gasteiger partial charge >= 0.3 is 0 Å². The Morgan fingerprint density at radius 3 is 2.89 bits per heavy atom. The summed E-state index contributed by atoms with van der Waals surface area (Å²) in [5, 5.41) is 3.19. The Labute approximate surface area is 154 Å². The third-order valence-electron chi connectivity index (χ3n) is 3.87. The van der Waals surface area contributed by atoms with Gasteiger partial charge in [-0.1, -0.05) is 12.1 Å². The van der Waals surface area contributed by atoms with E-state index in [0.29, 0.717) is 23.1 Å². The Morgan fingerprint density at radius 2 is 2.07 bits per heavy atom. The lowest BCUT2D eigenvalue weighted by Crippen LogP contribution is -2.27. The van der Waals surface area contributed by atoms with Crippen molar-refractivity contribution in [1.82, 2.24) is 15.3 Å². The van der Waals surface area contributed by atoms with Gasteiger partial charge in [-0.2, -0.15) is 0 Å². The van der Waals surface area contributed by atoms with E-state index in [1.165, 1.54) is 12.1 Å². The first-order valence-corrected chi connectivity index (χ1v) is 8.47. The molecule has 2 aromatic carbocycles. The van der Waals surface area contributed by atoms with Gasteiger partial charge in [-0.25, -0.2) is 9.37 Å². The molecule has 1 amide bonds. The van der Waals surface area contributed by atoms with E-state index in [-0.39, 0.29) is 36.6 Å². The monoisotopic (exact) mass is 370 g/mol. The van der Waals surface area contributed by atoms with Crippen LogP contribution in [0.15, 0.2) is 47.3 Å². The third-order valence-corrected chi connectivity index (χ3v) is 3.87. The van der Waals surface area contributed by atoms with Crippen LogP contribution in [0.4, 0.5) is 4.39 Å². The van der Waals surface area contributed by atoms with Crippen molar-refractivity contribution in [2.24, 2.45) is 5.73 Å². The van der Waals surface area contributed by atoms with Crippen molar-refractivity contribution >= 4 is 16.8 Å². The number of halogens is 1. The van der Waals surface area contributed by atoms with Crippen molar-refractivity contribution in [3.63, 3.8) is 0 Å². The fraction of sp³-hybridized carbons (Fsp3) is 0.211. The van der Waals surface area contributed by atoms with Crippen molar-refractivity contribution in [1.29, 1.82) is 0 Å². The number of hydrogen-bond acceptors (Lipinski definition) is 5. The van der Waals surface area contributed by atoms with Crippen LogP contribution in [-0.2, 0) is 6.42 Å². The molecule has 0 aliphatic rings. The number of carbonyl (C=O) groups is 1. The number of rotatable bonds is 7. The number of aromatic nitrogens is 2. The first-order valence-electron chi connectivity index (χ1n) is 8.47. The molecule has 0 fully saturated rings. The molecule has 0 saturated carbocycles. The number of hydrogen-bond donors (Lipinski definition) is 3. The van der Waals surface area contributed by atoms with Gasteiger partial charge in [0.1, 0.15) is 24.0 Å². The summed E-state index contributed by atoms with van der Waals surface area (Å²) >= 11 is 0. The van der Waals surface area contributed by atoms with Gasteiger partial charge in [0.05, 0.1) is 16.5 Å². The lowest BCUT2D eigenvalue weighted by atomic mass is 10.1. The third kappa shape index (κ3) is 4.48. The zero-order valence-electron chi connectivity index (χ0n) is 14.5. The van der Waals surface area contributed by atoms with E-state index in [9.17, 15) is 14.0 Å². The van der Waals surface area contributed by atoms with Crippen molar-refractivity contribution in [2.75, 3.05) is 19.7 Å². The number of benzene rings is 2. The topological polar surface area (TPSA) is 110 Å². The molecule has 0 spiro atoms. The fourth-order valence-electron chi connectivity index (χ4n) is 2.62. The number of H-pyrrole nitrogens is 1. The van der Waals surface area contributed by atoms with Crippen molar-refractivity contribution in [3.05, 3.63) is 70.0 Å². The van der Waals surface area contributed by atoms with Crippen LogP contribution in [0.1, 0.15) is 16.2 Å². The van der Waals surface area contributed by atoms with E-state index in [0.717, 1.165) is 6.07 Å². The number of nitrogens with zero attached hydrogens (tertiary/aromatic N) is 1. The molecule has 8 heteroatoms. The maximum absolute atomic E-state index is 13.5. The summed E-state index contributed by atoms with van der Waals surface area (Å²) in [6, 6.07) is 10.7. The Bertz CT molecular complexity index is 1020. The second-order valence-corrected chi connectivity index (χ2v) is 5.81. The highest BCUT2D eigenvalue weighted by Gasteiger charge is 2.14.